The number of rotatable bonds is 1. The van der Waals surface area contributed by atoms with Crippen molar-refractivity contribution in [3.05, 3.63) is 114 Å². The minimum atomic E-state index is 0.789. The number of pyridine rings is 1. The van der Waals surface area contributed by atoms with E-state index in [9.17, 15) is 0 Å². The lowest BCUT2D eigenvalue weighted by atomic mass is 9.83. The molecule has 186 valence electrons. The van der Waals surface area contributed by atoms with E-state index in [0.29, 0.717) is 0 Å². The summed E-state index contributed by atoms with van der Waals surface area (Å²) in [6.07, 6.45) is 2.10. The highest BCUT2D eigenvalue weighted by Gasteiger charge is 2.31. The molecule has 0 saturated heterocycles. The molecule has 3 aromatic heterocycles. The number of fused-ring (bicyclic) bond motifs is 12. The first-order valence-corrected chi connectivity index (χ1v) is 13.3. The molecule has 1 aliphatic rings. The van der Waals surface area contributed by atoms with Gasteiger partial charge in [0.15, 0.2) is 17.4 Å². The zero-order valence-electron chi connectivity index (χ0n) is 22.1. The van der Waals surface area contributed by atoms with E-state index in [1.807, 2.05) is 0 Å². The van der Waals surface area contributed by atoms with E-state index in [2.05, 4.69) is 129 Å². The van der Waals surface area contributed by atoms with Crippen LogP contribution in [0.2, 0.25) is 0 Å². The Hall–Kier alpha value is -4.89. The molecule has 4 aromatic carbocycles. The smallest absolute Gasteiger partial charge is 0.256 e. The second-order valence-electron chi connectivity index (χ2n) is 10.5. The third-order valence-corrected chi connectivity index (χ3v) is 8.10. The molecule has 0 N–H and O–H groups in total. The first-order valence-electron chi connectivity index (χ1n) is 13.3. The molecule has 0 unspecified atom stereocenters. The standard InChI is InChI=1S/C36H26NO2/c1-21-16-17-23(22(2)20-21)32-34-30(18-19-37(32)3)35-36(39-34)31-28-14-8-6-12-26(28)24-10-4-5-11-25(24)27-13-7-9-15-29(27)33(31)38-35/h4-20H,1-3H3/q+1. The summed E-state index contributed by atoms with van der Waals surface area (Å²) in [6.45, 7) is 4.29. The van der Waals surface area contributed by atoms with Crippen LogP contribution in [0.3, 0.4) is 0 Å². The molecule has 0 fully saturated rings. The summed E-state index contributed by atoms with van der Waals surface area (Å²) < 4.78 is 15.9. The maximum atomic E-state index is 6.88. The fourth-order valence-corrected chi connectivity index (χ4v) is 6.33. The molecule has 0 amide bonds. The van der Waals surface area contributed by atoms with Crippen molar-refractivity contribution in [2.24, 2.45) is 7.05 Å². The summed E-state index contributed by atoms with van der Waals surface area (Å²) in [4.78, 5) is 0. The molecular formula is C36H26NO2+. The lowest BCUT2D eigenvalue weighted by Gasteiger charge is -2.19. The Labute approximate surface area is 226 Å². The SMILES string of the molecule is Cc1ccc(-c2c3oc4c5c(oc4c3cc[n+]2C)-c2ccccc2-c2ccccc2-c2ccccc2-5)c(C)c1. The Morgan fingerprint density at radius 1 is 0.538 bits per heavy atom. The van der Waals surface area contributed by atoms with Crippen LogP contribution < -0.4 is 4.57 Å². The highest BCUT2D eigenvalue weighted by molar-refractivity contribution is 6.15. The summed E-state index contributed by atoms with van der Waals surface area (Å²) in [7, 11) is 2.07. The molecule has 39 heavy (non-hydrogen) atoms. The molecule has 0 aliphatic heterocycles. The third kappa shape index (κ3) is 3.07. The zero-order chi connectivity index (χ0) is 26.2. The van der Waals surface area contributed by atoms with Crippen molar-refractivity contribution in [1.82, 2.24) is 0 Å². The van der Waals surface area contributed by atoms with Crippen LogP contribution in [-0.2, 0) is 7.05 Å². The quantitative estimate of drug-likeness (QED) is 0.209. The topological polar surface area (TPSA) is 30.2 Å². The minimum Gasteiger partial charge on any atom is -0.451 e. The van der Waals surface area contributed by atoms with Gasteiger partial charge in [-0.25, -0.2) is 0 Å². The van der Waals surface area contributed by atoms with Crippen LogP contribution in [-0.4, -0.2) is 0 Å². The van der Waals surface area contributed by atoms with E-state index in [4.69, 9.17) is 8.83 Å². The summed E-state index contributed by atoms with van der Waals surface area (Å²) in [5.74, 6) is 0.851. The van der Waals surface area contributed by atoms with E-state index < -0.39 is 0 Å². The number of hydrogen-bond donors (Lipinski definition) is 0. The Morgan fingerprint density at radius 3 is 1.79 bits per heavy atom. The van der Waals surface area contributed by atoms with Gasteiger partial charge in [0.05, 0.1) is 16.5 Å². The van der Waals surface area contributed by atoms with Gasteiger partial charge in [-0.05, 0) is 53.3 Å². The molecule has 0 spiro atoms. The normalized spacial score (nSPS) is 12.0. The molecule has 0 radical (unpaired) electrons. The second-order valence-corrected chi connectivity index (χ2v) is 10.5. The highest BCUT2D eigenvalue weighted by Crippen LogP contribution is 2.52. The maximum Gasteiger partial charge on any atom is 0.256 e. The lowest BCUT2D eigenvalue weighted by molar-refractivity contribution is -0.659. The van der Waals surface area contributed by atoms with E-state index in [1.54, 1.807) is 0 Å². The zero-order valence-corrected chi connectivity index (χ0v) is 22.1. The average molecular weight is 505 g/mol. The minimum absolute atomic E-state index is 0.789. The predicted octanol–water partition coefficient (Wildman–Crippen LogP) is 9.27. The molecule has 8 rings (SSSR count). The molecule has 1 aliphatic carbocycles. The average Bonchev–Trinajstić information content (AvgIpc) is 3.49. The van der Waals surface area contributed by atoms with Gasteiger partial charge in [0.2, 0.25) is 5.58 Å². The largest absolute Gasteiger partial charge is 0.451 e. The van der Waals surface area contributed by atoms with Crippen molar-refractivity contribution >= 4 is 22.1 Å². The Bertz CT molecular complexity index is 2110. The number of nitrogens with zero attached hydrogens (tertiary/aromatic N) is 1. The fourth-order valence-electron chi connectivity index (χ4n) is 6.33. The van der Waals surface area contributed by atoms with Gasteiger partial charge >= 0.3 is 0 Å². The number of aromatic nitrogens is 1. The van der Waals surface area contributed by atoms with Gasteiger partial charge in [0.25, 0.3) is 5.69 Å². The van der Waals surface area contributed by atoms with Gasteiger partial charge in [0.1, 0.15) is 12.8 Å². The molecule has 3 heterocycles. The number of benzene rings is 4. The predicted molar refractivity (Wildman–Crippen MR) is 157 cm³/mol. The van der Waals surface area contributed by atoms with E-state index >= 15 is 0 Å². The van der Waals surface area contributed by atoms with Crippen molar-refractivity contribution in [3.8, 4) is 56.0 Å². The first kappa shape index (κ1) is 22.1. The second kappa shape index (κ2) is 8.05. The summed E-state index contributed by atoms with van der Waals surface area (Å²) in [5.41, 5.74) is 15.0. The molecular weight excluding hydrogens is 478 g/mol. The number of furan rings is 2. The van der Waals surface area contributed by atoms with Crippen LogP contribution in [0, 0.1) is 13.8 Å². The monoisotopic (exact) mass is 504 g/mol. The van der Waals surface area contributed by atoms with Crippen LogP contribution in [0.1, 0.15) is 11.1 Å². The van der Waals surface area contributed by atoms with E-state index in [-0.39, 0.29) is 0 Å². The van der Waals surface area contributed by atoms with Crippen molar-refractivity contribution in [2.75, 3.05) is 0 Å². The van der Waals surface area contributed by atoms with Crippen LogP contribution in [0.4, 0.5) is 0 Å². The van der Waals surface area contributed by atoms with Gasteiger partial charge in [-0.15, -0.1) is 0 Å². The van der Waals surface area contributed by atoms with Crippen LogP contribution >= 0.6 is 0 Å². The van der Waals surface area contributed by atoms with Gasteiger partial charge in [-0.3, -0.25) is 0 Å². The number of hydrogen-bond acceptors (Lipinski definition) is 2. The first-order chi connectivity index (χ1) is 19.1. The molecule has 0 bridgehead atoms. The van der Waals surface area contributed by atoms with Crippen molar-refractivity contribution in [1.29, 1.82) is 0 Å². The molecule has 3 nitrogen and oxygen atoms in total. The number of aryl methyl sites for hydroxylation is 3. The Morgan fingerprint density at radius 2 is 1.13 bits per heavy atom. The van der Waals surface area contributed by atoms with Gasteiger partial charge < -0.3 is 8.83 Å². The fraction of sp³-hybridized carbons (Fsp3) is 0.0833. The molecule has 0 atom stereocenters. The summed E-state index contributed by atoms with van der Waals surface area (Å²) in [6, 6.07) is 34.4. The molecule has 3 heteroatoms. The van der Waals surface area contributed by atoms with Crippen LogP contribution in [0.15, 0.2) is 112 Å². The van der Waals surface area contributed by atoms with Crippen LogP contribution in [0.5, 0.6) is 0 Å². The van der Waals surface area contributed by atoms with Crippen LogP contribution in [0.25, 0.3) is 78.1 Å². The van der Waals surface area contributed by atoms with Gasteiger partial charge in [-0.1, -0.05) is 90.5 Å². The lowest BCUT2D eigenvalue weighted by Crippen LogP contribution is -2.30. The Balaban J connectivity index is 1.52. The summed E-state index contributed by atoms with van der Waals surface area (Å²) in [5, 5.41) is 0.984. The maximum absolute atomic E-state index is 6.88. The van der Waals surface area contributed by atoms with Crippen molar-refractivity contribution in [3.63, 3.8) is 0 Å². The van der Waals surface area contributed by atoms with Gasteiger partial charge in [-0.2, -0.15) is 4.57 Å². The third-order valence-electron chi connectivity index (χ3n) is 8.10. The Kier molecular flexibility index (Phi) is 4.57. The summed E-state index contributed by atoms with van der Waals surface area (Å²) >= 11 is 0. The van der Waals surface area contributed by atoms with E-state index in [0.717, 1.165) is 61.4 Å². The molecule has 0 saturated carbocycles. The highest BCUT2D eigenvalue weighted by atomic mass is 16.4. The van der Waals surface area contributed by atoms with E-state index in [1.165, 1.54) is 27.8 Å². The van der Waals surface area contributed by atoms with Crippen molar-refractivity contribution in [2.45, 2.75) is 13.8 Å². The molecule has 7 aromatic rings. The van der Waals surface area contributed by atoms with Crippen molar-refractivity contribution < 1.29 is 13.4 Å². The van der Waals surface area contributed by atoms with Gasteiger partial charge in [0, 0.05) is 11.6 Å².